The third-order valence-corrected chi connectivity index (χ3v) is 3.62. The minimum atomic E-state index is -0.0116. The molecule has 1 amide bonds. The molecule has 1 aliphatic rings. The Bertz CT molecular complexity index is 399. The van der Waals surface area contributed by atoms with E-state index >= 15 is 0 Å². The molecule has 0 spiro atoms. The van der Waals surface area contributed by atoms with E-state index in [4.69, 9.17) is 16.0 Å². The molecule has 0 aliphatic carbocycles. The van der Waals surface area contributed by atoms with Crippen molar-refractivity contribution in [3.05, 3.63) is 23.1 Å². The SMILES string of the molecule is CCCN(C(=O)c1ccoc1Cl)C1CCNCC1. The summed E-state index contributed by atoms with van der Waals surface area (Å²) in [5.41, 5.74) is 0.476. The molecule has 0 unspecified atom stereocenters. The molecule has 0 aromatic carbocycles. The topological polar surface area (TPSA) is 45.5 Å². The van der Waals surface area contributed by atoms with Crippen molar-refractivity contribution in [1.29, 1.82) is 0 Å². The lowest BCUT2D eigenvalue weighted by molar-refractivity contribution is 0.0642. The molecule has 100 valence electrons. The van der Waals surface area contributed by atoms with Crippen molar-refractivity contribution in [3.8, 4) is 0 Å². The molecule has 1 aromatic rings. The lowest BCUT2D eigenvalue weighted by Gasteiger charge is -2.34. The number of amides is 1. The molecule has 1 aliphatic heterocycles. The zero-order valence-electron chi connectivity index (χ0n) is 10.6. The smallest absolute Gasteiger partial charge is 0.258 e. The summed E-state index contributed by atoms with van der Waals surface area (Å²) in [6.07, 6.45) is 4.41. The van der Waals surface area contributed by atoms with E-state index in [2.05, 4.69) is 12.2 Å². The van der Waals surface area contributed by atoms with Crippen LogP contribution < -0.4 is 5.32 Å². The van der Waals surface area contributed by atoms with E-state index in [-0.39, 0.29) is 11.1 Å². The first-order valence-electron chi connectivity index (χ1n) is 6.48. The molecule has 1 fully saturated rings. The monoisotopic (exact) mass is 270 g/mol. The molecule has 1 aromatic heterocycles. The molecule has 2 heterocycles. The molecular formula is C13H19ClN2O2. The zero-order chi connectivity index (χ0) is 13.0. The summed E-state index contributed by atoms with van der Waals surface area (Å²) in [6, 6.07) is 1.96. The van der Waals surface area contributed by atoms with E-state index in [9.17, 15) is 4.79 Å². The highest BCUT2D eigenvalue weighted by atomic mass is 35.5. The van der Waals surface area contributed by atoms with Gasteiger partial charge in [-0.15, -0.1) is 0 Å². The molecule has 2 rings (SSSR count). The molecule has 0 atom stereocenters. The molecule has 0 bridgehead atoms. The summed E-state index contributed by atoms with van der Waals surface area (Å²) in [6.45, 7) is 4.79. The molecule has 1 saturated heterocycles. The highest BCUT2D eigenvalue weighted by molar-refractivity contribution is 6.32. The second kappa shape index (κ2) is 6.25. The third kappa shape index (κ3) is 2.87. The number of nitrogens with one attached hydrogen (secondary N) is 1. The first-order chi connectivity index (χ1) is 8.74. The van der Waals surface area contributed by atoms with Gasteiger partial charge in [0.05, 0.1) is 11.8 Å². The Labute approximate surface area is 112 Å². The van der Waals surface area contributed by atoms with Crippen LogP contribution in [0.5, 0.6) is 0 Å². The fourth-order valence-electron chi connectivity index (χ4n) is 2.41. The van der Waals surface area contributed by atoms with Crippen LogP contribution in [0, 0.1) is 0 Å². The van der Waals surface area contributed by atoms with Crippen molar-refractivity contribution in [3.63, 3.8) is 0 Å². The molecule has 5 heteroatoms. The van der Waals surface area contributed by atoms with Gasteiger partial charge in [0.1, 0.15) is 0 Å². The number of furan rings is 1. The number of carbonyl (C=O) groups excluding carboxylic acids is 1. The van der Waals surface area contributed by atoms with Crippen LogP contribution in [0.2, 0.25) is 5.22 Å². The minimum absolute atomic E-state index is 0.0116. The van der Waals surface area contributed by atoms with E-state index < -0.39 is 0 Å². The van der Waals surface area contributed by atoms with Crippen LogP contribution in [0.4, 0.5) is 0 Å². The first-order valence-corrected chi connectivity index (χ1v) is 6.86. The molecule has 0 saturated carbocycles. The maximum absolute atomic E-state index is 12.5. The van der Waals surface area contributed by atoms with Crippen molar-refractivity contribution >= 4 is 17.5 Å². The van der Waals surface area contributed by atoms with E-state index in [1.807, 2.05) is 4.90 Å². The Balaban J connectivity index is 2.13. The summed E-state index contributed by atoms with van der Waals surface area (Å²) in [5.74, 6) is -0.0116. The Morgan fingerprint density at radius 3 is 2.83 bits per heavy atom. The molecule has 1 N–H and O–H groups in total. The van der Waals surface area contributed by atoms with Crippen LogP contribution in [0.1, 0.15) is 36.5 Å². The number of halogens is 1. The fraction of sp³-hybridized carbons (Fsp3) is 0.615. The maximum atomic E-state index is 12.5. The predicted molar refractivity (Wildman–Crippen MR) is 70.9 cm³/mol. The van der Waals surface area contributed by atoms with Gasteiger partial charge in [-0.2, -0.15) is 0 Å². The van der Waals surface area contributed by atoms with Crippen LogP contribution in [-0.2, 0) is 0 Å². The summed E-state index contributed by atoms with van der Waals surface area (Å²) >= 11 is 5.89. The summed E-state index contributed by atoms with van der Waals surface area (Å²) in [5, 5.41) is 3.50. The van der Waals surface area contributed by atoms with Gasteiger partial charge in [-0.25, -0.2) is 0 Å². The van der Waals surface area contributed by atoms with Gasteiger partial charge < -0.3 is 14.6 Å². The van der Waals surface area contributed by atoms with Gasteiger partial charge in [0, 0.05) is 12.6 Å². The molecule has 0 radical (unpaired) electrons. The van der Waals surface area contributed by atoms with Gasteiger partial charge in [-0.3, -0.25) is 4.79 Å². The molecular weight excluding hydrogens is 252 g/mol. The number of carbonyl (C=O) groups is 1. The van der Waals surface area contributed by atoms with Gasteiger partial charge in [0.15, 0.2) is 0 Å². The summed E-state index contributed by atoms with van der Waals surface area (Å²) in [7, 11) is 0. The summed E-state index contributed by atoms with van der Waals surface area (Å²) < 4.78 is 5.01. The van der Waals surface area contributed by atoms with E-state index in [0.717, 1.165) is 38.9 Å². The zero-order valence-corrected chi connectivity index (χ0v) is 11.4. The largest absolute Gasteiger partial charge is 0.452 e. The summed E-state index contributed by atoms with van der Waals surface area (Å²) in [4.78, 5) is 14.4. The van der Waals surface area contributed by atoms with E-state index in [1.165, 1.54) is 6.26 Å². The number of nitrogens with zero attached hydrogens (tertiary/aromatic N) is 1. The average Bonchev–Trinajstić information content (AvgIpc) is 2.82. The Morgan fingerprint density at radius 1 is 1.56 bits per heavy atom. The second-order valence-corrected chi connectivity index (χ2v) is 4.93. The van der Waals surface area contributed by atoms with Gasteiger partial charge in [-0.1, -0.05) is 6.92 Å². The predicted octanol–water partition coefficient (Wildman–Crippen LogP) is 2.54. The van der Waals surface area contributed by atoms with Gasteiger partial charge in [-0.05, 0) is 50.0 Å². The van der Waals surface area contributed by atoms with Crippen LogP contribution in [0.3, 0.4) is 0 Å². The number of rotatable bonds is 4. The maximum Gasteiger partial charge on any atom is 0.258 e. The second-order valence-electron chi connectivity index (χ2n) is 4.59. The highest BCUT2D eigenvalue weighted by Crippen LogP contribution is 2.22. The van der Waals surface area contributed by atoms with Crippen molar-refractivity contribution < 1.29 is 9.21 Å². The van der Waals surface area contributed by atoms with Gasteiger partial charge in [0.2, 0.25) is 5.22 Å². The average molecular weight is 271 g/mol. The van der Waals surface area contributed by atoms with Crippen LogP contribution >= 0.6 is 11.6 Å². The molecule has 4 nitrogen and oxygen atoms in total. The Kier molecular flexibility index (Phi) is 4.66. The van der Waals surface area contributed by atoms with Crippen LogP contribution in [0.25, 0.3) is 0 Å². The third-order valence-electron chi connectivity index (χ3n) is 3.32. The number of piperidine rings is 1. The quantitative estimate of drug-likeness (QED) is 0.915. The fourth-order valence-corrected chi connectivity index (χ4v) is 2.61. The lowest BCUT2D eigenvalue weighted by Crippen LogP contribution is -2.46. The van der Waals surface area contributed by atoms with E-state index in [1.54, 1.807) is 6.07 Å². The van der Waals surface area contributed by atoms with Crippen LogP contribution in [-0.4, -0.2) is 36.5 Å². The van der Waals surface area contributed by atoms with E-state index in [0.29, 0.717) is 11.6 Å². The number of hydrogen-bond acceptors (Lipinski definition) is 3. The first kappa shape index (κ1) is 13.4. The standard InChI is InChI=1S/C13H19ClN2O2/c1-2-8-16(10-3-6-15-7-4-10)13(17)11-5-9-18-12(11)14/h5,9-10,15H,2-4,6-8H2,1H3. The van der Waals surface area contributed by atoms with Gasteiger partial charge >= 0.3 is 0 Å². The number of hydrogen-bond donors (Lipinski definition) is 1. The highest BCUT2D eigenvalue weighted by Gasteiger charge is 2.27. The normalized spacial score (nSPS) is 16.8. The minimum Gasteiger partial charge on any atom is -0.452 e. The van der Waals surface area contributed by atoms with Crippen molar-refractivity contribution in [2.24, 2.45) is 0 Å². The lowest BCUT2D eigenvalue weighted by atomic mass is 10.0. The Morgan fingerprint density at radius 2 is 2.28 bits per heavy atom. The van der Waals surface area contributed by atoms with Crippen LogP contribution in [0.15, 0.2) is 16.7 Å². The van der Waals surface area contributed by atoms with Crippen molar-refractivity contribution in [1.82, 2.24) is 10.2 Å². The molecule has 18 heavy (non-hydrogen) atoms. The van der Waals surface area contributed by atoms with Gasteiger partial charge in [0.25, 0.3) is 5.91 Å². The van der Waals surface area contributed by atoms with Crippen molar-refractivity contribution in [2.45, 2.75) is 32.2 Å². The Hall–Kier alpha value is -1.00. The van der Waals surface area contributed by atoms with Crippen molar-refractivity contribution in [2.75, 3.05) is 19.6 Å².